The van der Waals surface area contributed by atoms with Crippen molar-refractivity contribution in [3.8, 4) is 11.8 Å². The lowest BCUT2D eigenvalue weighted by atomic mass is 10.1. The van der Waals surface area contributed by atoms with Gasteiger partial charge in [-0.2, -0.15) is 5.26 Å². The Hall–Kier alpha value is -3.16. The average molecular weight is 426 g/mol. The molecule has 0 spiro atoms. The monoisotopic (exact) mass is 425 g/mol. The molecule has 0 saturated carbocycles. The predicted octanol–water partition coefficient (Wildman–Crippen LogP) is 4.66. The second-order valence-electron chi connectivity index (χ2n) is 6.15. The van der Waals surface area contributed by atoms with Crippen LogP contribution in [0.1, 0.15) is 29.8 Å². The number of nitriles is 1. The molecule has 2 N–H and O–H groups in total. The molecule has 3 aromatic rings. The summed E-state index contributed by atoms with van der Waals surface area (Å²) in [5, 5.41) is 19.5. The summed E-state index contributed by atoms with van der Waals surface area (Å²) >= 11 is 3.43. The van der Waals surface area contributed by atoms with Gasteiger partial charge in [-0.15, -0.1) is 0 Å². The molecule has 0 aliphatic rings. The summed E-state index contributed by atoms with van der Waals surface area (Å²) in [4.78, 5) is 17.0. The number of H-pyrrole nitrogens is 1. The third kappa shape index (κ3) is 3.30. The highest BCUT2D eigenvalue weighted by molar-refractivity contribution is 9.10. The average Bonchev–Trinajstić information content (AvgIpc) is 2.99. The van der Waals surface area contributed by atoms with E-state index >= 15 is 0 Å². The van der Waals surface area contributed by atoms with Crippen molar-refractivity contribution in [2.24, 2.45) is 0 Å². The second kappa shape index (κ2) is 7.22. The van der Waals surface area contributed by atoms with Gasteiger partial charge in [0.25, 0.3) is 0 Å². The molecule has 6 nitrogen and oxygen atoms in total. The molecule has 136 valence electrons. The van der Waals surface area contributed by atoms with E-state index < -0.39 is 5.97 Å². The lowest BCUT2D eigenvalue weighted by Crippen LogP contribution is -2.27. The van der Waals surface area contributed by atoms with Gasteiger partial charge in [0.2, 0.25) is 0 Å². The Morgan fingerprint density at radius 2 is 2.11 bits per heavy atom. The third-order valence-corrected chi connectivity index (χ3v) is 4.72. The summed E-state index contributed by atoms with van der Waals surface area (Å²) < 4.78 is 5.88. The van der Waals surface area contributed by atoms with Gasteiger partial charge in [0.05, 0.1) is 28.9 Å². The Morgan fingerprint density at radius 1 is 1.37 bits per heavy atom. The number of carboxylic acid groups (broad SMARTS) is 1. The topological polar surface area (TPSA) is 89.4 Å². The molecule has 2 aromatic carbocycles. The van der Waals surface area contributed by atoms with E-state index in [9.17, 15) is 9.90 Å². The van der Waals surface area contributed by atoms with Gasteiger partial charge in [-0.3, -0.25) is 0 Å². The molecule has 7 heteroatoms. The molecular weight excluding hydrogens is 410 g/mol. The number of halogens is 1. The standard InChI is InChI=1S/C20H16BrN3O3/c1-11(2)24(13-5-7-17(27-3)15(21)9-13)19-18(20(25)26)14-6-4-12(10-22)8-16(14)23-19/h4,6,8-9,11,23H,1-3H3,(H,25,26). The number of ether oxygens (including phenoxy) is 1. The van der Waals surface area contributed by atoms with Crippen molar-refractivity contribution in [2.75, 3.05) is 12.0 Å². The Labute approximate surface area is 165 Å². The molecule has 0 radical (unpaired) electrons. The molecule has 0 atom stereocenters. The fraction of sp³-hybridized carbons (Fsp3) is 0.200. The lowest BCUT2D eigenvalue weighted by Gasteiger charge is -2.27. The summed E-state index contributed by atoms with van der Waals surface area (Å²) in [6.07, 6.45) is 0. The maximum absolute atomic E-state index is 12.0. The summed E-state index contributed by atoms with van der Waals surface area (Å²) in [5.74, 6) is -0.122. The van der Waals surface area contributed by atoms with Gasteiger partial charge in [0, 0.05) is 16.9 Å². The highest BCUT2D eigenvalue weighted by atomic mass is 79.9. The molecular formula is C20H16BrN3O3. The van der Waals surface area contributed by atoms with E-state index in [2.05, 4.69) is 39.1 Å². The molecule has 1 heterocycles. The Balaban J connectivity index is 2.25. The second-order valence-corrected chi connectivity index (χ2v) is 7.00. The van der Waals surface area contributed by atoms with Crippen LogP contribution in [0.15, 0.2) is 28.7 Å². The largest absolute Gasteiger partial charge is 0.488 e. The van der Waals surface area contributed by atoms with E-state index in [-0.39, 0.29) is 11.6 Å². The smallest absolute Gasteiger partial charge is 0.340 e. The first kappa shape index (κ1) is 18.6. The van der Waals surface area contributed by atoms with Crippen molar-refractivity contribution >= 4 is 44.3 Å². The van der Waals surface area contributed by atoms with Crippen molar-refractivity contribution < 1.29 is 14.6 Å². The van der Waals surface area contributed by atoms with Crippen molar-refractivity contribution in [1.29, 1.82) is 5.26 Å². The minimum atomic E-state index is -1.05. The SMILES string of the molecule is COc1c#cc(N(c2[nH]c3cc(C#N)ccc3c2C(=O)O)C(C)C)cc1Br. The Bertz CT molecular complexity index is 1070. The molecule has 0 aliphatic carbocycles. The fourth-order valence-electron chi connectivity index (χ4n) is 2.99. The van der Waals surface area contributed by atoms with Gasteiger partial charge < -0.3 is 19.7 Å². The van der Waals surface area contributed by atoms with Crippen molar-refractivity contribution in [3.05, 3.63) is 52.0 Å². The number of aromatic amines is 1. The first-order valence-electron chi connectivity index (χ1n) is 8.13. The van der Waals surface area contributed by atoms with Gasteiger partial charge in [0.15, 0.2) is 5.75 Å². The first-order chi connectivity index (χ1) is 12.9. The fourth-order valence-corrected chi connectivity index (χ4v) is 3.47. The van der Waals surface area contributed by atoms with Crippen molar-refractivity contribution in [1.82, 2.24) is 4.98 Å². The lowest BCUT2D eigenvalue weighted by molar-refractivity contribution is 0.0700. The number of hydrogen-bond acceptors (Lipinski definition) is 4. The highest BCUT2D eigenvalue weighted by Gasteiger charge is 2.25. The van der Waals surface area contributed by atoms with Crippen LogP contribution in [-0.4, -0.2) is 29.2 Å². The molecule has 0 saturated heterocycles. The molecule has 0 fully saturated rings. The number of carbonyl (C=O) groups is 1. The molecule has 0 unspecified atom stereocenters. The van der Waals surface area contributed by atoms with E-state index in [1.165, 1.54) is 7.11 Å². The van der Waals surface area contributed by atoms with E-state index in [0.717, 1.165) is 0 Å². The van der Waals surface area contributed by atoms with Gasteiger partial charge in [-0.05, 0) is 60.1 Å². The van der Waals surface area contributed by atoms with E-state index in [4.69, 9.17) is 10.00 Å². The van der Waals surface area contributed by atoms with Gasteiger partial charge in [-0.25, -0.2) is 4.79 Å². The third-order valence-electron chi connectivity index (χ3n) is 4.13. The van der Waals surface area contributed by atoms with E-state index in [0.29, 0.717) is 38.2 Å². The summed E-state index contributed by atoms with van der Waals surface area (Å²) in [6.45, 7) is 3.90. The van der Waals surface area contributed by atoms with Crippen LogP contribution in [0.4, 0.5) is 11.5 Å². The number of carboxylic acids is 1. The maximum atomic E-state index is 12.0. The predicted molar refractivity (Wildman–Crippen MR) is 106 cm³/mol. The number of aromatic nitrogens is 1. The molecule has 3 rings (SSSR count). The molecule has 1 aromatic heterocycles. The minimum Gasteiger partial charge on any atom is -0.488 e. The number of rotatable bonds is 5. The number of anilines is 2. The summed E-state index contributed by atoms with van der Waals surface area (Å²) in [5.41, 5.74) is 1.81. The molecule has 27 heavy (non-hydrogen) atoms. The highest BCUT2D eigenvalue weighted by Crippen LogP contribution is 2.36. The maximum Gasteiger partial charge on any atom is 0.340 e. The quantitative estimate of drug-likeness (QED) is 0.620. The minimum absolute atomic E-state index is 0.0726. The number of aromatic carboxylic acids is 1. The number of fused-ring (bicyclic) bond motifs is 1. The van der Waals surface area contributed by atoms with Crippen LogP contribution >= 0.6 is 15.9 Å². The number of benzene rings is 1. The first-order valence-corrected chi connectivity index (χ1v) is 8.92. The van der Waals surface area contributed by atoms with Gasteiger partial charge in [0.1, 0.15) is 11.4 Å². The molecule has 0 bridgehead atoms. The zero-order valence-corrected chi connectivity index (χ0v) is 16.5. The zero-order chi connectivity index (χ0) is 19.7. The van der Waals surface area contributed by atoms with Crippen LogP contribution in [0.2, 0.25) is 0 Å². The molecule has 0 aliphatic heterocycles. The normalized spacial score (nSPS) is 10.5. The van der Waals surface area contributed by atoms with Crippen LogP contribution < -0.4 is 9.64 Å². The summed E-state index contributed by atoms with van der Waals surface area (Å²) in [6, 6.07) is 14.6. The van der Waals surface area contributed by atoms with Crippen molar-refractivity contribution in [3.63, 3.8) is 0 Å². The Kier molecular flexibility index (Phi) is 4.98. The number of hydrogen-bond donors (Lipinski definition) is 2. The van der Waals surface area contributed by atoms with Crippen LogP contribution in [0.3, 0.4) is 0 Å². The molecule has 0 amide bonds. The summed E-state index contributed by atoms with van der Waals surface area (Å²) in [7, 11) is 1.54. The van der Waals surface area contributed by atoms with Crippen LogP contribution in [0, 0.1) is 23.5 Å². The Morgan fingerprint density at radius 3 is 2.67 bits per heavy atom. The van der Waals surface area contributed by atoms with Crippen LogP contribution in [-0.2, 0) is 0 Å². The van der Waals surface area contributed by atoms with E-state index in [1.54, 1.807) is 24.3 Å². The van der Waals surface area contributed by atoms with Crippen molar-refractivity contribution in [2.45, 2.75) is 19.9 Å². The van der Waals surface area contributed by atoms with Crippen LogP contribution in [0.25, 0.3) is 10.9 Å². The van der Waals surface area contributed by atoms with E-state index in [1.807, 2.05) is 18.7 Å². The zero-order valence-electron chi connectivity index (χ0n) is 14.9. The van der Waals surface area contributed by atoms with Gasteiger partial charge in [-0.1, -0.05) is 6.07 Å². The number of methoxy groups -OCH3 is 1. The number of nitrogens with zero attached hydrogens (tertiary/aromatic N) is 2. The van der Waals surface area contributed by atoms with Crippen LogP contribution in [0.5, 0.6) is 5.75 Å². The van der Waals surface area contributed by atoms with Gasteiger partial charge >= 0.3 is 5.97 Å². The number of nitrogens with one attached hydrogen (secondary N) is 1.